The Kier molecular flexibility index (Phi) is 5.91. The van der Waals surface area contributed by atoms with Gasteiger partial charge in [-0.25, -0.2) is 0 Å². The summed E-state index contributed by atoms with van der Waals surface area (Å²) >= 11 is 1.65. The number of hydrogen-bond donors (Lipinski definition) is 1. The van der Waals surface area contributed by atoms with Crippen molar-refractivity contribution in [3.8, 4) is 11.5 Å². The molecule has 1 fully saturated rings. The maximum absolute atomic E-state index is 13.0. The van der Waals surface area contributed by atoms with E-state index in [1.807, 2.05) is 35.7 Å². The van der Waals surface area contributed by atoms with Gasteiger partial charge in [0, 0.05) is 29.8 Å². The number of fused-ring (bicyclic) bond motifs is 1. The van der Waals surface area contributed by atoms with Gasteiger partial charge in [-0.15, -0.1) is 11.3 Å². The SMILES string of the molecule is O=C(CNCC1CCCO1)N(Cc1cccs1)c1ccc2c(c1)OCCO2. The van der Waals surface area contributed by atoms with Crippen molar-refractivity contribution in [1.29, 1.82) is 0 Å². The van der Waals surface area contributed by atoms with Crippen molar-refractivity contribution in [2.45, 2.75) is 25.5 Å². The van der Waals surface area contributed by atoms with Crippen LogP contribution in [0.1, 0.15) is 17.7 Å². The Morgan fingerprint density at radius 1 is 1.19 bits per heavy atom. The Morgan fingerprint density at radius 3 is 2.85 bits per heavy atom. The van der Waals surface area contributed by atoms with E-state index >= 15 is 0 Å². The molecule has 1 saturated heterocycles. The molecule has 2 aliphatic rings. The normalized spacial score (nSPS) is 18.4. The van der Waals surface area contributed by atoms with Crippen molar-refractivity contribution in [3.05, 3.63) is 40.6 Å². The van der Waals surface area contributed by atoms with Gasteiger partial charge in [0.2, 0.25) is 5.91 Å². The molecule has 2 aliphatic heterocycles. The molecule has 4 rings (SSSR count). The van der Waals surface area contributed by atoms with Gasteiger partial charge >= 0.3 is 0 Å². The number of carbonyl (C=O) groups is 1. The molecule has 0 bridgehead atoms. The van der Waals surface area contributed by atoms with E-state index < -0.39 is 0 Å². The highest BCUT2D eigenvalue weighted by atomic mass is 32.1. The number of amides is 1. The number of ether oxygens (including phenoxy) is 3. The minimum atomic E-state index is 0.0260. The molecule has 0 saturated carbocycles. The standard InChI is InChI=1S/C20H24N2O4S/c23-20(13-21-12-16-3-1-7-24-16)22(14-17-4-2-10-27-17)15-5-6-18-19(11-15)26-9-8-25-18/h2,4-6,10-11,16,21H,1,3,7-9,12-14H2. The van der Waals surface area contributed by atoms with Crippen molar-refractivity contribution in [3.63, 3.8) is 0 Å². The largest absolute Gasteiger partial charge is 0.486 e. The van der Waals surface area contributed by atoms with E-state index in [2.05, 4.69) is 5.32 Å². The second-order valence-corrected chi connectivity index (χ2v) is 7.69. The topological polar surface area (TPSA) is 60.0 Å². The van der Waals surface area contributed by atoms with Crippen LogP contribution in [0.25, 0.3) is 0 Å². The summed E-state index contributed by atoms with van der Waals surface area (Å²) in [4.78, 5) is 15.9. The van der Waals surface area contributed by atoms with Crippen molar-refractivity contribution in [1.82, 2.24) is 5.32 Å². The fraction of sp³-hybridized carbons (Fsp3) is 0.450. The summed E-state index contributed by atoms with van der Waals surface area (Å²) in [5, 5.41) is 5.28. The lowest BCUT2D eigenvalue weighted by atomic mass is 10.2. The van der Waals surface area contributed by atoms with Crippen LogP contribution < -0.4 is 19.7 Å². The maximum atomic E-state index is 13.0. The molecule has 1 amide bonds. The molecule has 0 spiro atoms. The molecule has 3 heterocycles. The number of anilines is 1. The molecule has 1 unspecified atom stereocenters. The molecule has 2 aromatic rings. The zero-order chi connectivity index (χ0) is 18.5. The van der Waals surface area contributed by atoms with Crippen molar-refractivity contribution in [2.75, 3.05) is 37.8 Å². The molecule has 0 aliphatic carbocycles. The van der Waals surface area contributed by atoms with Gasteiger partial charge in [0.1, 0.15) is 13.2 Å². The molecule has 27 heavy (non-hydrogen) atoms. The van der Waals surface area contributed by atoms with Gasteiger partial charge in [0.15, 0.2) is 11.5 Å². The van der Waals surface area contributed by atoms with Crippen molar-refractivity contribution in [2.24, 2.45) is 0 Å². The van der Waals surface area contributed by atoms with Gasteiger partial charge in [0.05, 0.1) is 19.2 Å². The first-order chi connectivity index (χ1) is 13.3. The van der Waals surface area contributed by atoms with Crippen LogP contribution in [0.3, 0.4) is 0 Å². The molecule has 7 heteroatoms. The summed E-state index contributed by atoms with van der Waals surface area (Å²) in [6.45, 7) is 3.43. The fourth-order valence-electron chi connectivity index (χ4n) is 3.32. The third kappa shape index (κ3) is 4.61. The Labute approximate surface area is 163 Å². The Bertz CT molecular complexity index is 759. The minimum absolute atomic E-state index is 0.0260. The highest BCUT2D eigenvalue weighted by Crippen LogP contribution is 2.34. The molecule has 1 aromatic carbocycles. The predicted molar refractivity (Wildman–Crippen MR) is 105 cm³/mol. The van der Waals surface area contributed by atoms with E-state index in [-0.39, 0.29) is 18.6 Å². The van der Waals surface area contributed by atoms with Crippen LogP contribution in [0.2, 0.25) is 0 Å². The maximum Gasteiger partial charge on any atom is 0.241 e. The molecule has 0 radical (unpaired) electrons. The van der Waals surface area contributed by atoms with E-state index in [1.165, 1.54) is 0 Å². The van der Waals surface area contributed by atoms with Gasteiger partial charge in [-0.05, 0) is 36.4 Å². The van der Waals surface area contributed by atoms with E-state index in [0.717, 1.165) is 35.8 Å². The number of hydrogen-bond acceptors (Lipinski definition) is 6. The molecule has 1 N–H and O–H groups in total. The zero-order valence-electron chi connectivity index (χ0n) is 15.2. The van der Waals surface area contributed by atoms with Crippen LogP contribution in [0, 0.1) is 0 Å². The predicted octanol–water partition coefficient (Wildman–Crippen LogP) is 2.82. The lowest BCUT2D eigenvalue weighted by molar-refractivity contribution is -0.118. The fourth-order valence-corrected chi connectivity index (χ4v) is 4.02. The van der Waals surface area contributed by atoms with Crippen LogP contribution >= 0.6 is 11.3 Å². The lowest BCUT2D eigenvalue weighted by Crippen LogP contribution is -2.40. The second-order valence-electron chi connectivity index (χ2n) is 6.65. The van der Waals surface area contributed by atoms with E-state index in [0.29, 0.717) is 32.1 Å². The summed E-state index contributed by atoms with van der Waals surface area (Å²) < 4.78 is 16.9. The quantitative estimate of drug-likeness (QED) is 0.790. The Morgan fingerprint density at radius 2 is 2.07 bits per heavy atom. The first-order valence-electron chi connectivity index (χ1n) is 9.34. The smallest absolute Gasteiger partial charge is 0.241 e. The number of benzene rings is 1. The van der Waals surface area contributed by atoms with Crippen LogP contribution in [-0.2, 0) is 16.1 Å². The summed E-state index contributed by atoms with van der Waals surface area (Å²) in [6.07, 6.45) is 2.38. The van der Waals surface area contributed by atoms with Crippen LogP contribution in [0.5, 0.6) is 11.5 Å². The van der Waals surface area contributed by atoms with E-state index in [1.54, 1.807) is 16.2 Å². The molecule has 144 valence electrons. The summed E-state index contributed by atoms with van der Waals surface area (Å²) in [6, 6.07) is 9.72. The third-order valence-corrected chi connectivity index (χ3v) is 5.57. The molecule has 6 nitrogen and oxygen atoms in total. The molecular formula is C20H24N2O4S. The third-order valence-electron chi connectivity index (χ3n) is 4.70. The molecular weight excluding hydrogens is 364 g/mol. The van der Waals surface area contributed by atoms with E-state index in [9.17, 15) is 4.79 Å². The number of thiophene rings is 1. The summed E-state index contributed by atoms with van der Waals surface area (Å²) in [7, 11) is 0. The van der Waals surface area contributed by atoms with Crippen LogP contribution in [0.4, 0.5) is 5.69 Å². The zero-order valence-corrected chi connectivity index (χ0v) is 16.0. The number of rotatable bonds is 7. The van der Waals surface area contributed by atoms with Crippen molar-refractivity contribution < 1.29 is 19.0 Å². The number of nitrogens with zero attached hydrogens (tertiary/aromatic N) is 1. The second kappa shape index (κ2) is 8.73. The van der Waals surface area contributed by atoms with Crippen LogP contribution in [-0.4, -0.2) is 44.9 Å². The first-order valence-corrected chi connectivity index (χ1v) is 10.2. The highest BCUT2D eigenvalue weighted by molar-refractivity contribution is 7.09. The Hall–Kier alpha value is -2.09. The summed E-state index contributed by atoms with van der Waals surface area (Å²) in [5.41, 5.74) is 0.816. The van der Waals surface area contributed by atoms with E-state index in [4.69, 9.17) is 14.2 Å². The number of nitrogens with one attached hydrogen (secondary N) is 1. The molecule has 1 atom stereocenters. The minimum Gasteiger partial charge on any atom is -0.486 e. The first kappa shape index (κ1) is 18.3. The van der Waals surface area contributed by atoms with Gasteiger partial charge in [-0.1, -0.05) is 6.07 Å². The molecule has 1 aromatic heterocycles. The van der Waals surface area contributed by atoms with Crippen molar-refractivity contribution >= 4 is 22.9 Å². The average molecular weight is 388 g/mol. The monoisotopic (exact) mass is 388 g/mol. The van der Waals surface area contributed by atoms with Gasteiger partial charge in [0.25, 0.3) is 0 Å². The van der Waals surface area contributed by atoms with Gasteiger partial charge in [-0.2, -0.15) is 0 Å². The van der Waals surface area contributed by atoms with Gasteiger partial charge in [-0.3, -0.25) is 4.79 Å². The number of carbonyl (C=O) groups excluding carboxylic acids is 1. The lowest BCUT2D eigenvalue weighted by Gasteiger charge is -2.25. The van der Waals surface area contributed by atoms with Crippen LogP contribution in [0.15, 0.2) is 35.7 Å². The average Bonchev–Trinajstić information content (AvgIpc) is 3.40. The Balaban J connectivity index is 1.47. The summed E-state index contributed by atoms with van der Waals surface area (Å²) in [5.74, 6) is 1.44. The van der Waals surface area contributed by atoms with Gasteiger partial charge < -0.3 is 24.4 Å². The highest BCUT2D eigenvalue weighted by Gasteiger charge is 2.21.